The molecule has 18 heavy (non-hydrogen) atoms. The van der Waals surface area contributed by atoms with E-state index in [-0.39, 0.29) is 11.9 Å². The highest BCUT2D eigenvalue weighted by Gasteiger charge is 2.35. The van der Waals surface area contributed by atoms with Crippen LogP contribution >= 0.6 is 0 Å². The molecule has 3 nitrogen and oxygen atoms in total. The van der Waals surface area contributed by atoms with E-state index in [4.69, 9.17) is 0 Å². The summed E-state index contributed by atoms with van der Waals surface area (Å²) < 4.78 is 13.2. The van der Waals surface area contributed by atoms with Crippen LogP contribution in [0.5, 0.6) is 0 Å². The van der Waals surface area contributed by atoms with Gasteiger partial charge in [-0.15, -0.1) is 0 Å². The van der Waals surface area contributed by atoms with Crippen LogP contribution in [0.4, 0.5) is 10.1 Å². The molecule has 0 spiro atoms. The summed E-state index contributed by atoms with van der Waals surface area (Å²) in [5.74, 6) is -1.03. The molecule has 0 aliphatic carbocycles. The summed E-state index contributed by atoms with van der Waals surface area (Å²) in [6.45, 7) is 3.46. The molecule has 1 heterocycles. The molecular formula is C14H18FNO2. The first-order valence-electron chi connectivity index (χ1n) is 6.06. The molecule has 1 unspecified atom stereocenters. The molecule has 4 heteroatoms. The Kier molecular flexibility index (Phi) is 3.05. The van der Waals surface area contributed by atoms with Crippen molar-refractivity contribution < 1.29 is 14.3 Å². The van der Waals surface area contributed by atoms with Gasteiger partial charge >= 0.3 is 5.97 Å². The minimum Gasteiger partial charge on any atom is -0.481 e. The highest BCUT2D eigenvalue weighted by atomic mass is 19.1. The first-order chi connectivity index (χ1) is 8.31. The summed E-state index contributed by atoms with van der Waals surface area (Å²) in [5.41, 5.74) is 1.20. The minimum atomic E-state index is -0.793. The highest BCUT2D eigenvalue weighted by Crippen LogP contribution is 2.36. The molecule has 1 aromatic rings. The number of carbonyl (C=O) groups is 1. The fourth-order valence-electron chi connectivity index (χ4n) is 2.53. The highest BCUT2D eigenvalue weighted by molar-refractivity contribution is 5.74. The molecule has 1 aliphatic rings. The number of nitrogens with zero attached hydrogens (tertiary/aromatic N) is 1. The standard InChI is InChI=1S/C14H18FNO2/c1-14(2,13(17)18)8-11-7-9-6-10(15)4-5-12(9)16(11)3/h4-6,11H,7-8H2,1-3H3,(H,17,18). The number of carboxylic acids is 1. The topological polar surface area (TPSA) is 40.5 Å². The predicted octanol–water partition coefficient (Wildman–Crippen LogP) is 2.69. The van der Waals surface area contributed by atoms with Gasteiger partial charge in [0.15, 0.2) is 0 Å². The number of hydrogen-bond donors (Lipinski definition) is 1. The zero-order valence-electron chi connectivity index (χ0n) is 10.9. The number of anilines is 1. The molecule has 0 radical (unpaired) electrons. The van der Waals surface area contributed by atoms with Gasteiger partial charge in [0.05, 0.1) is 5.41 Å². The van der Waals surface area contributed by atoms with Crippen molar-refractivity contribution in [1.29, 1.82) is 0 Å². The zero-order valence-corrected chi connectivity index (χ0v) is 10.9. The molecule has 1 N–H and O–H groups in total. The Bertz CT molecular complexity index is 485. The molecule has 1 atom stereocenters. The number of aliphatic carboxylic acids is 1. The number of hydrogen-bond acceptors (Lipinski definition) is 2. The summed E-state index contributed by atoms with van der Waals surface area (Å²) in [7, 11) is 1.94. The normalized spacial score (nSPS) is 18.9. The van der Waals surface area contributed by atoms with Crippen molar-refractivity contribution in [1.82, 2.24) is 0 Å². The smallest absolute Gasteiger partial charge is 0.309 e. The maximum absolute atomic E-state index is 13.2. The van der Waals surface area contributed by atoms with Crippen molar-refractivity contribution >= 4 is 11.7 Å². The second-order valence-electron chi connectivity index (χ2n) is 5.64. The van der Waals surface area contributed by atoms with E-state index in [1.807, 2.05) is 7.05 Å². The van der Waals surface area contributed by atoms with Crippen molar-refractivity contribution in [3.05, 3.63) is 29.6 Å². The van der Waals surface area contributed by atoms with Gasteiger partial charge in [-0.3, -0.25) is 4.79 Å². The van der Waals surface area contributed by atoms with Crippen LogP contribution in [0.2, 0.25) is 0 Å². The SMILES string of the molecule is CN1c2ccc(F)cc2CC1CC(C)(C)C(=O)O. The fraction of sp³-hybridized carbons (Fsp3) is 0.500. The maximum Gasteiger partial charge on any atom is 0.309 e. The van der Waals surface area contributed by atoms with Crippen LogP contribution < -0.4 is 4.90 Å². The van der Waals surface area contributed by atoms with Crippen LogP contribution in [0.25, 0.3) is 0 Å². The van der Waals surface area contributed by atoms with E-state index in [9.17, 15) is 14.3 Å². The van der Waals surface area contributed by atoms with Crippen LogP contribution in [0.3, 0.4) is 0 Å². The van der Waals surface area contributed by atoms with Gasteiger partial charge in [-0.05, 0) is 50.5 Å². The van der Waals surface area contributed by atoms with Gasteiger partial charge in [0, 0.05) is 18.8 Å². The Balaban J connectivity index is 2.19. The molecular weight excluding hydrogens is 233 g/mol. The quantitative estimate of drug-likeness (QED) is 0.898. The van der Waals surface area contributed by atoms with Gasteiger partial charge in [-0.2, -0.15) is 0 Å². The largest absolute Gasteiger partial charge is 0.481 e. The monoisotopic (exact) mass is 251 g/mol. The molecule has 0 aromatic heterocycles. The Morgan fingerprint density at radius 3 is 2.83 bits per heavy atom. The van der Waals surface area contributed by atoms with Crippen LogP contribution in [0.1, 0.15) is 25.8 Å². The number of fused-ring (bicyclic) bond motifs is 1. The average Bonchev–Trinajstić information content (AvgIpc) is 2.54. The number of benzene rings is 1. The van der Waals surface area contributed by atoms with Crippen LogP contribution in [0.15, 0.2) is 18.2 Å². The summed E-state index contributed by atoms with van der Waals surface area (Å²) >= 11 is 0. The summed E-state index contributed by atoms with van der Waals surface area (Å²) in [6.07, 6.45) is 1.26. The third-order valence-corrected chi connectivity index (χ3v) is 3.75. The molecule has 0 saturated carbocycles. The molecule has 0 saturated heterocycles. The van der Waals surface area contributed by atoms with E-state index < -0.39 is 11.4 Å². The Labute approximate surface area is 106 Å². The molecule has 0 amide bonds. The van der Waals surface area contributed by atoms with Gasteiger partial charge in [-0.1, -0.05) is 0 Å². The molecule has 1 aliphatic heterocycles. The minimum absolute atomic E-state index is 0.118. The van der Waals surface area contributed by atoms with E-state index >= 15 is 0 Å². The van der Waals surface area contributed by atoms with Gasteiger partial charge in [-0.25, -0.2) is 4.39 Å². The second kappa shape index (κ2) is 4.26. The lowest BCUT2D eigenvalue weighted by atomic mass is 9.85. The summed E-state index contributed by atoms with van der Waals surface area (Å²) in [4.78, 5) is 13.2. The van der Waals surface area contributed by atoms with Crippen molar-refractivity contribution in [2.75, 3.05) is 11.9 Å². The molecule has 0 fully saturated rings. The first-order valence-corrected chi connectivity index (χ1v) is 6.06. The molecule has 1 aromatic carbocycles. The lowest BCUT2D eigenvalue weighted by molar-refractivity contribution is -0.147. The average molecular weight is 251 g/mol. The Hall–Kier alpha value is -1.58. The predicted molar refractivity (Wildman–Crippen MR) is 68.3 cm³/mol. The third-order valence-electron chi connectivity index (χ3n) is 3.75. The van der Waals surface area contributed by atoms with Gasteiger partial charge < -0.3 is 10.0 Å². The lowest BCUT2D eigenvalue weighted by Crippen LogP contribution is -2.36. The number of carboxylic acid groups (broad SMARTS) is 1. The summed E-state index contributed by atoms with van der Waals surface area (Å²) in [6, 6.07) is 4.87. The van der Waals surface area contributed by atoms with E-state index in [0.717, 1.165) is 11.3 Å². The second-order valence-corrected chi connectivity index (χ2v) is 5.64. The maximum atomic E-state index is 13.2. The van der Waals surface area contributed by atoms with Crippen LogP contribution in [-0.2, 0) is 11.2 Å². The Morgan fingerprint density at radius 1 is 1.56 bits per heavy atom. The first kappa shape index (κ1) is 12.9. The van der Waals surface area contributed by atoms with Crippen molar-refractivity contribution in [3.63, 3.8) is 0 Å². The number of halogens is 1. The van der Waals surface area contributed by atoms with Gasteiger partial charge in [0.2, 0.25) is 0 Å². The summed E-state index contributed by atoms with van der Waals surface area (Å²) in [5, 5.41) is 9.17. The fourth-order valence-corrected chi connectivity index (χ4v) is 2.53. The number of likely N-dealkylation sites (N-methyl/N-ethyl adjacent to an activating group) is 1. The van der Waals surface area contributed by atoms with Crippen LogP contribution in [0, 0.1) is 11.2 Å². The Morgan fingerprint density at radius 2 is 2.22 bits per heavy atom. The zero-order chi connectivity index (χ0) is 13.5. The molecule has 2 rings (SSSR count). The molecule has 98 valence electrons. The third kappa shape index (κ3) is 2.19. The van der Waals surface area contributed by atoms with E-state index in [1.165, 1.54) is 6.07 Å². The lowest BCUT2D eigenvalue weighted by Gasteiger charge is -2.29. The molecule has 0 bridgehead atoms. The van der Waals surface area contributed by atoms with Crippen molar-refractivity contribution in [3.8, 4) is 0 Å². The van der Waals surface area contributed by atoms with E-state index in [1.54, 1.807) is 26.0 Å². The van der Waals surface area contributed by atoms with Gasteiger partial charge in [0.25, 0.3) is 0 Å². The van der Waals surface area contributed by atoms with Gasteiger partial charge in [0.1, 0.15) is 5.82 Å². The van der Waals surface area contributed by atoms with E-state index in [0.29, 0.717) is 12.8 Å². The van der Waals surface area contributed by atoms with Crippen molar-refractivity contribution in [2.24, 2.45) is 5.41 Å². The number of rotatable bonds is 3. The van der Waals surface area contributed by atoms with E-state index in [2.05, 4.69) is 4.90 Å². The van der Waals surface area contributed by atoms with Crippen molar-refractivity contribution in [2.45, 2.75) is 32.7 Å². The van der Waals surface area contributed by atoms with Crippen LogP contribution in [-0.4, -0.2) is 24.2 Å².